The number of nitrogens with zero attached hydrogens (tertiary/aromatic N) is 1. The molecule has 2 heterocycles. The minimum Gasteiger partial charge on any atom is -0.466 e. The van der Waals surface area contributed by atoms with Crippen molar-refractivity contribution in [1.29, 1.82) is 0 Å². The highest BCUT2D eigenvalue weighted by atomic mass is 16.6. The number of piperidine rings is 1. The summed E-state index contributed by atoms with van der Waals surface area (Å²) < 4.78 is 5.35. The van der Waals surface area contributed by atoms with E-state index in [-0.39, 0.29) is 12.1 Å². The molecule has 2 aliphatic heterocycles. The smallest absolute Gasteiger partial charge is 0.313 e. The molecule has 1 aromatic rings. The molecule has 0 saturated carbocycles. The minimum absolute atomic E-state index is 0.0658. The van der Waals surface area contributed by atoms with Gasteiger partial charge in [-0.15, -0.1) is 0 Å². The largest absolute Gasteiger partial charge is 0.466 e. The minimum atomic E-state index is -0.490. The van der Waals surface area contributed by atoms with Crippen LogP contribution in [-0.2, 0) is 14.4 Å². The number of hydrogen-bond donors (Lipinski definition) is 1. The summed E-state index contributed by atoms with van der Waals surface area (Å²) >= 11 is 0. The number of hydrogen-bond acceptors (Lipinski definition) is 5. The predicted octanol–water partition coefficient (Wildman–Crippen LogP) is 2.81. The maximum Gasteiger partial charge on any atom is 0.313 e. The van der Waals surface area contributed by atoms with Crippen molar-refractivity contribution < 1.29 is 14.4 Å². The van der Waals surface area contributed by atoms with Crippen LogP contribution in [0.25, 0.3) is 0 Å². The van der Waals surface area contributed by atoms with Crippen LogP contribution in [0.5, 0.6) is 0 Å². The number of oxime groups is 1. The van der Waals surface area contributed by atoms with E-state index in [1.54, 1.807) is 0 Å². The Morgan fingerprint density at radius 3 is 3.00 bits per heavy atom. The summed E-state index contributed by atoms with van der Waals surface area (Å²) in [5.74, 6) is -0.106. The molecule has 0 aliphatic carbocycles. The Bertz CT molecular complexity index is 621. The number of esters is 1. The van der Waals surface area contributed by atoms with Gasteiger partial charge < -0.3 is 14.9 Å². The number of carbonyl (C=O) groups excluding carboxylic acids is 1. The second-order valence-electron chi connectivity index (χ2n) is 6.77. The molecule has 0 spiro atoms. The fourth-order valence-electron chi connectivity index (χ4n) is 3.71. The molecule has 1 N–H and O–H groups in total. The van der Waals surface area contributed by atoms with E-state index in [2.05, 4.69) is 29.5 Å². The lowest BCUT2D eigenvalue weighted by Crippen LogP contribution is -2.48. The fraction of sp³-hybridized carbons (Fsp3) is 0.579. The molecule has 1 aromatic carbocycles. The van der Waals surface area contributed by atoms with Crippen LogP contribution in [0.1, 0.15) is 43.7 Å². The molecule has 0 aromatic heterocycles. The van der Waals surface area contributed by atoms with E-state index >= 15 is 0 Å². The van der Waals surface area contributed by atoms with Crippen molar-refractivity contribution in [3.63, 3.8) is 0 Å². The second kappa shape index (κ2) is 7.34. The zero-order chi connectivity index (χ0) is 17.0. The normalized spacial score (nSPS) is 26.6. The highest BCUT2D eigenvalue weighted by Gasteiger charge is 2.44. The molecule has 0 radical (unpaired) electrons. The molecule has 5 heteroatoms. The highest BCUT2D eigenvalue weighted by Crippen LogP contribution is 2.36. The molecule has 5 nitrogen and oxygen atoms in total. The third-order valence-electron chi connectivity index (χ3n) is 4.99. The number of ether oxygens (including phenoxy) is 1. The lowest BCUT2D eigenvalue weighted by atomic mass is 9.75. The molecular formula is C19H26N2O3. The van der Waals surface area contributed by atoms with Crippen LogP contribution in [0, 0.1) is 12.3 Å². The SMILES string of the molecule is CCOC(=O)[C@]1(C[C@H]2CC(c3ccccc3C)=NO2)CCCNC1. The first-order valence-corrected chi connectivity index (χ1v) is 8.81. The first kappa shape index (κ1) is 17.0. The van der Waals surface area contributed by atoms with Crippen molar-refractivity contribution in [3.05, 3.63) is 35.4 Å². The van der Waals surface area contributed by atoms with Crippen LogP contribution < -0.4 is 5.32 Å². The topological polar surface area (TPSA) is 59.9 Å². The van der Waals surface area contributed by atoms with Crippen LogP contribution in [0.15, 0.2) is 29.4 Å². The van der Waals surface area contributed by atoms with Gasteiger partial charge in [0.1, 0.15) is 6.10 Å². The van der Waals surface area contributed by atoms with Crippen LogP contribution in [-0.4, -0.2) is 37.5 Å². The van der Waals surface area contributed by atoms with E-state index in [0.29, 0.717) is 19.6 Å². The molecule has 3 rings (SSSR count). The van der Waals surface area contributed by atoms with Gasteiger partial charge in [0.15, 0.2) is 0 Å². The Balaban J connectivity index is 1.69. The molecular weight excluding hydrogens is 304 g/mol. The molecule has 0 bridgehead atoms. The standard InChI is InChI=1S/C19H26N2O3/c1-3-23-18(22)19(9-6-10-20-13-19)12-15-11-17(21-24-15)16-8-5-4-7-14(16)2/h4-5,7-8,15,20H,3,6,9-13H2,1-2H3/t15-,19+/m1/s1. The number of aryl methyl sites for hydroxylation is 1. The molecule has 2 atom stereocenters. The second-order valence-corrected chi connectivity index (χ2v) is 6.77. The van der Waals surface area contributed by atoms with Gasteiger partial charge in [-0.3, -0.25) is 4.79 Å². The number of carbonyl (C=O) groups is 1. The monoisotopic (exact) mass is 330 g/mol. The Kier molecular flexibility index (Phi) is 5.19. The van der Waals surface area contributed by atoms with Crippen molar-refractivity contribution in [2.75, 3.05) is 19.7 Å². The molecule has 0 unspecified atom stereocenters. The summed E-state index contributed by atoms with van der Waals surface area (Å²) in [6.07, 6.45) is 3.16. The maximum atomic E-state index is 12.6. The first-order chi connectivity index (χ1) is 11.6. The third-order valence-corrected chi connectivity index (χ3v) is 4.99. The quantitative estimate of drug-likeness (QED) is 0.844. The molecule has 1 saturated heterocycles. The molecule has 130 valence electrons. The van der Waals surface area contributed by atoms with E-state index in [9.17, 15) is 4.79 Å². The van der Waals surface area contributed by atoms with Gasteiger partial charge in [-0.05, 0) is 38.8 Å². The molecule has 2 aliphatic rings. The van der Waals surface area contributed by atoms with Crippen LogP contribution in [0.2, 0.25) is 0 Å². The van der Waals surface area contributed by atoms with E-state index in [4.69, 9.17) is 9.57 Å². The highest BCUT2D eigenvalue weighted by molar-refractivity contribution is 6.02. The Hall–Kier alpha value is -1.88. The van der Waals surface area contributed by atoms with Crippen molar-refractivity contribution in [2.24, 2.45) is 10.6 Å². The van der Waals surface area contributed by atoms with E-state index in [1.807, 2.05) is 19.1 Å². The van der Waals surface area contributed by atoms with Gasteiger partial charge in [-0.2, -0.15) is 0 Å². The van der Waals surface area contributed by atoms with Crippen molar-refractivity contribution in [1.82, 2.24) is 5.32 Å². The van der Waals surface area contributed by atoms with E-state index in [1.165, 1.54) is 5.56 Å². The Morgan fingerprint density at radius 2 is 2.29 bits per heavy atom. The van der Waals surface area contributed by atoms with Gasteiger partial charge >= 0.3 is 5.97 Å². The van der Waals surface area contributed by atoms with Crippen LogP contribution in [0.4, 0.5) is 0 Å². The lowest BCUT2D eigenvalue weighted by molar-refractivity contribution is -0.159. The number of benzene rings is 1. The van der Waals surface area contributed by atoms with Gasteiger partial charge in [-0.1, -0.05) is 29.4 Å². The molecule has 24 heavy (non-hydrogen) atoms. The van der Waals surface area contributed by atoms with Crippen molar-refractivity contribution >= 4 is 11.7 Å². The summed E-state index contributed by atoms with van der Waals surface area (Å²) in [6.45, 7) is 5.96. The lowest BCUT2D eigenvalue weighted by Gasteiger charge is -2.36. The van der Waals surface area contributed by atoms with E-state index in [0.717, 1.165) is 37.1 Å². The summed E-state index contributed by atoms with van der Waals surface area (Å²) in [6, 6.07) is 8.19. The Labute approximate surface area is 143 Å². The zero-order valence-electron chi connectivity index (χ0n) is 14.5. The van der Waals surface area contributed by atoms with Crippen molar-refractivity contribution in [3.8, 4) is 0 Å². The molecule has 1 fully saturated rings. The van der Waals surface area contributed by atoms with E-state index < -0.39 is 5.41 Å². The van der Waals surface area contributed by atoms with Gasteiger partial charge in [0.05, 0.1) is 17.7 Å². The van der Waals surface area contributed by atoms with Gasteiger partial charge in [0, 0.05) is 24.9 Å². The average molecular weight is 330 g/mol. The Morgan fingerprint density at radius 1 is 1.46 bits per heavy atom. The van der Waals surface area contributed by atoms with Gasteiger partial charge in [0.25, 0.3) is 0 Å². The van der Waals surface area contributed by atoms with Crippen molar-refractivity contribution in [2.45, 2.75) is 45.6 Å². The maximum absolute atomic E-state index is 12.6. The third kappa shape index (κ3) is 3.46. The first-order valence-electron chi connectivity index (χ1n) is 8.81. The fourth-order valence-corrected chi connectivity index (χ4v) is 3.71. The van der Waals surface area contributed by atoms with Crippen LogP contribution >= 0.6 is 0 Å². The van der Waals surface area contributed by atoms with Crippen LogP contribution in [0.3, 0.4) is 0 Å². The summed E-state index contributed by atoms with van der Waals surface area (Å²) in [5, 5.41) is 7.64. The number of rotatable bonds is 5. The summed E-state index contributed by atoms with van der Waals surface area (Å²) in [7, 11) is 0. The summed E-state index contributed by atoms with van der Waals surface area (Å²) in [5.41, 5.74) is 2.81. The van der Waals surface area contributed by atoms with Gasteiger partial charge in [-0.25, -0.2) is 0 Å². The average Bonchev–Trinajstić information content (AvgIpc) is 3.04. The molecule has 0 amide bonds. The predicted molar refractivity (Wildman–Crippen MR) is 93.0 cm³/mol. The summed E-state index contributed by atoms with van der Waals surface area (Å²) in [4.78, 5) is 18.2. The van der Waals surface area contributed by atoms with Gasteiger partial charge in [0.2, 0.25) is 0 Å². The zero-order valence-corrected chi connectivity index (χ0v) is 14.5. The number of nitrogens with one attached hydrogen (secondary N) is 1.